The number of hydrogen-bond donors (Lipinski definition) is 1. The third-order valence-electron chi connectivity index (χ3n) is 5.56. The van der Waals surface area contributed by atoms with Gasteiger partial charge in [0.25, 0.3) is 0 Å². The lowest BCUT2D eigenvalue weighted by Crippen LogP contribution is -1.94. The van der Waals surface area contributed by atoms with E-state index in [-0.39, 0.29) is 0 Å². The van der Waals surface area contributed by atoms with Crippen LogP contribution in [0.1, 0.15) is 0 Å². The molecule has 4 aromatic carbocycles. The standard InChI is InChI=1S/C26H18N2/c1-3-9-18(10-4-1)22-17-19-15-16-27-25(19)26-24(22)21-13-7-8-14-23(21)28(26)20-11-5-2-6-12-20/h1-17,27H. The van der Waals surface area contributed by atoms with Gasteiger partial charge in [-0.05, 0) is 41.5 Å². The number of hydrogen-bond acceptors (Lipinski definition) is 0. The lowest BCUT2D eigenvalue weighted by atomic mass is 9.97. The van der Waals surface area contributed by atoms with Gasteiger partial charge in [0, 0.05) is 28.0 Å². The van der Waals surface area contributed by atoms with Gasteiger partial charge in [-0.15, -0.1) is 0 Å². The number of fused-ring (bicyclic) bond motifs is 5. The number of nitrogens with one attached hydrogen (secondary N) is 1. The van der Waals surface area contributed by atoms with Gasteiger partial charge in [0.15, 0.2) is 0 Å². The molecule has 0 unspecified atom stereocenters. The summed E-state index contributed by atoms with van der Waals surface area (Å²) < 4.78 is 2.38. The molecule has 0 bridgehead atoms. The van der Waals surface area contributed by atoms with Crippen LogP contribution in [0.5, 0.6) is 0 Å². The smallest absolute Gasteiger partial charge is 0.0789 e. The molecule has 2 aromatic heterocycles. The first-order valence-corrected chi connectivity index (χ1v) is 9.56. The van der Waals surface area contributed by atoms with Gasteiger partial charge in [-0.25, -0.2) is 0 Å². The molecule has 28 heavy (non-hydrogen) atoms. The summed E-state index contributed by atoms with van der Waals surface area (Å²) in [5, 5.41) is 3.80. The Hall–Kier alpha value is -3.78. The van der Waals surface area contributed by atoms with Crippen molar-refractivity contribution in [3.8, 4) is 16.8 Å². The van der Waals surface area contributed by atoms with E-state index in [1.165, 1.54) is 49.5 Å². The monoisotopic (exact) mass is 358 g/mol. The summed E-state index contributed by atoms with van der Waals surface area (Å²) in [5.41, 5.74) is 7.32. The number of aromatic nitrogens is 2. The molecule has 6 rings (SSSR count). The molecule has 0 saturated heterocycles. The average Bonchev–Trinajstić information content (AvgIpc) is 3.37. The Morgan fingerprint density at radius 1 is 0.679 bits per heavy atom. The van der Waals surface area contributed by atoms with Crippen molar-refractivity contribution in [2.24, 2.45) is 0 Å². The van der Waals surface area contributed by atoms with Crippen molar-refractivity contribution in [2.45, 2.75) is 0 Å². The van der Waals surface area contributed by atoms with Crippen molar-refractivity contribution < 1.29 is 0 Å². The van der Waals surface area contributed by atoms with Crippen molar-refractivity contribution in [2.75, 3.05) is 0 Å². The van der Waals surface area contributed by atoms with Crippen LogP contribution >= 0.6 is 0 Å². The Morgan fingerprint density at radius 3 is 2.21 bits per heavy atom. The minimum Gasteiger partial charge on any atom is -0.359 e. The van der Waals surface area contributed by atoms with Gasteiger partial charge >= 0.3 is 0 Å². The quantitative estimate of drug-likeness (QED) is 0.346. The second kappa shape index (κ2) is 5.86. The van der Waals surface area contributed by atoms with Crippen molar-refractivity contribution in [3.05, 3.63) is 103 Å². The van der Waals surface area contributed by atoms with E-state index in [0.717, 1.165) is 0 Å². The molecule has 6 aromatic rings. The van der Waals surface area contributed by atoms with E-state index in [2.05, 4.69) is 107 Å². The van der Waals surface area contributed by atoms with Gasteiger partial charge in [-0.2, -0.15) is 0 Å². The molecule has 0 spiro atoms. The van der Waals surface area contributed by atoms with E-state index >= 15 is 0 Å². The fourth-order valence-electron chi connectivity index (χ4n) is 4.37. The molecule has 0 amide bonds. The van der Waals surface area contributed by atoms with Crippen LogP contribution in [0.25, 0.3) is 49.5 Å². The Balaban J connectivity index is 1.91. The lowest BCUT2D eigenvalue weighted by Gasteiger charge is -2.10. The molecule has 0 radical (unpaired) electrons. The number of H-pyrrole nitrogens is 1. The highest BCUT2D eigenvalue weighted by Gasteiger charge is 2.19. The van der Waals surface area contributed by atoms with E-state index in [1.54, 1.807) is 0 Å². The van der Waals surface area contributed by atoms with Gasteiger partial charge in [-0.1, -0.05) is 66.7 Å². The summed E-state index contributed by atoms with van der Waals surface area (Å²) in [5.74, 6) is 0. The zero-order chi connectivity index (χ0) is 18.5. The maximum Gasteiger partial charge on any atom is 0.0789 e. The van der Waals surface area contributed by atoms with Crippen LogP contribution in [-0.4, -0.2) is 9.55 Å². The van der Waals surface area contributed by atoms with Crippen LogP contribution in [0, 0.1) is 0 Å². The van der Waals surface area contributed by atoms with Crippen molar-refractivity contribution in [3.63, 3.8) is 0 Å². The zero-order valence-electron chi connectivity index (χ0n) is 15.3. The summed E-state index contributed by atoms with van der Waals surface area (Å²) >= 11 is 0. The third-order valence-corrected chi connectivity index (χ3v) is 5.56. The van der Waals surface area contributed by atoms with Crippen molar-refractivity contribution in [1.29, 1.82) is 0 Å². The highest BCUT2D eigenvalue weighted by molar-refractivity contribution is 6.23. The molecule has 0 aliphatic heterocycles. The van der Waals surface area contributed by atoms with E-state index < -0.39 is 0 Å². The molecule has 2 heteroatoms. The predicted octanol–water partition coefficient (Wildman–Crippen LogP) is 6.93. The highest BCUT2D eigenvalue weighted by Crippen LogP contribution is 2.41. The maximum atomic E-state index is 3.49. The number of rotatable bonds is 2. The fourth-order valence-corrected chi connectivity index (χ4v) is 4.37. The number of benzene rings is 4. The molecule has 132 valence electrons. The average molecular weight is 358 g/mol. The minimum absolute atomic E-state index is 1.18. The molecule has 0 saturated carbocycles. The van der Waals surface area contributed by atoms with Crippen LogP contribution < -0.4 is 0 Å². The van der Waals surface area contributed by atoms with Crippen LogP contribution in [0.2, 0.25) is 0 Å². The molecule has 0 atom stereocenters. The Morgan fingerprint density at radius 2 is 1.39 bits per heavy atom. The van der Waals surface area contributed by atoms with Gasteiger partial charge < -0.3 is 9.55 Å². The molecule has 0 aliphatic carbocycles. The Bertz CT molecular complexity index is 1440. The van der Waals surface area contributed by atoms with E-state index in [1.807, 2.05) is 6.20 Å². The molecule has 0 fully saturated rings. The number of para-hydroxylation sites is 2. The summed E-state index contributed by atoms with van der Waals surface area (Å²) in [4.78, 5) is 3.49. The molecule has 2 nitrogen and oxygen atoms in total. The second-order valence-corrected chi connectivity index (χ2v) is 7.14. The fraction of sp³-hybridized carbons (Fsp3) is 0. The van der Waals surface area contributed by atoms with Crippen LogP contribution in [0.3, 0.4) is 0 Å². The molecule has 0 aliphatic rings. The summed E-state index contributed by atoms with van der Waals surface area (Å²) in [6.07, 6.45) is 2.03. The van der Waals surface area contributed by atoms with Gasteiger partial charge in [0.1, 0.15) is 0 Å². The van der Waals surface area contributed by atoms with E-state index in [9.17, 15) is 0 Å². The van der Waals surface area contributed by atoms with E-state index in [0.29, 0.717) is 0 Å². The molecular formula is C26H18N2. The zero-order valence-corrected chi connectivity index (χ0v) is 15.3. The normalized spacial score (nSPS) is 11.6. The predicted molar refractivity (Wildman–Crippen MR) is 118 cm³/mol. The Labute approximate surface area is 162 Å². The summed E-state index contributed by atoms with van der Waals surface area (Å²) in [6, 6.07) is 34.5. The van der Waals surface area contributed by atoms with Gasteiger partial charge in [-0.3, -0.25) is 0 Å². The van der Waals surface area contributed by atoms with Crippen LogP contribution in [-0.2, 0) is 0 Å². The van der Waals surface area contributed by atoms with Crippen LogP contribution in [0.15, 0.2) is 103 Å². The molecular weight excluding hydrogens is 340 g/mol. The SMILES string of the molecule is c1ccc(-c2cc3cc[nH]c3c3c2c2ccccc2n3-c2ccccc2)cc1. The summed E-state index contributed by atoms with van der Waals surface area (Å²) in [7, 11) is 0. The number of nitrogens with zero attached hydrogens (tertiary/aromatic N) is 1. The first kappa shape index (κ1) is 15.3. The van der Waals surface area contributed by atoms with Gasteiger partial charge in [0.2, 0.25) is 0 Å². The lowest BCUT2D eigenvalue weighted by molar-refractivity contribution is 1.18. The Kier molecular flexibility index (Phi) is 3.20. The summed E-state index contributed by atoms with van der Waals surface area (Å²) in [6.45, 7) is 0. The topological polar surface area (TPSA) is 20.7 Å². The molecule has 1 N–H and O–H groups in total. The largest absolute Gasteiger partial charge is 0.359 e. The van der Waals surface area contributed by atoms with E-state index in [4.69, 9.17) is 0 Å². The maximum absolute atomic E-state index is 3.49. The van der Waals surface area contributed by atoms with Crippen molar-refractivity contribution in [1.82, 2.24) is 9.55 Å². The minimum atomic E-state index is 1.18. The third kappa shape index (κ3) is 2.09. The highest BCUT2D eigenvalue weighted by atomic mass is 15.0. The number of aromatic amines is 1. The van der Waals surface area contributed by atoms with Gasteiger partial charge in [0.05, 0.1) is 16.6 Å². The van der Waals surface area contributed by atoms with Crippen molar-refractivity contribution >= 4 is 32.7 Å². The molecule has 2 heterocycles. The second-order valence-electron chi connectivity index (χ2n) is 7.14. The first-order valence-electron chi connectivity index (χ1n) is 9.56. The first-order chi connectivity index (χ1) is 13.9. The van der Waals surface area contributed by atoms with Crippen LogP contribution in [0.4, 0.5) is 0 Å².